The van der Waals surface area contributed by atoms with E-state index in [9.17, 15) is 4.79 Å². The third-order valence-corrected chi connectivity index (χ3v) is 5.97. The van der Waals surface area contributed by atoms with Crippen molar-refractivity contribution in [3.63, 3.8) is 0 Å². The monoisotopic (exact) mass is 448 g/mol. The van der Waals surface area contributed by atoms with E-state index in [0.717, 1.165) is 43.6 Å². The van der Waals surface area contributed by atoms with E-state index in [1.165, 1.54) is 41.5 Å². The largest absolute Gasteiger partial charge is 0.481 e. The average molecular weight is 449 g/mol. The summed E-state index contributed by atoms with van der Waals surface area (Å²) in [4.78, 5) is 10.6. The number of benzene rings is 2. The van der Waals surface area contributed by atoms with E-state index in [-0.39, 0.29) is 5.92 Å². The predicted octanol–water partition coefficient (Wildman–Crippen LogP) is 6.51. The normalized spacial score (nSPS) is 11.3. The molecule has 3 rings (SSSR count). The third kappa shape index (κ3) is 7.52. The second kappa shape index (κ2) is 12.3. The molecule has 0 spiro atoms. The number of rotatable bonds is 13. The summed E-state index contributed by atoms with van der Waals surface area (Å²) in [5.41, 5.74) is 5.95. The van der Waals surface area contributed by atoms with Crippen molar-refractivity contribution in [2.75, 3.05) is 0 Å². The number of unbranched alkanes of at least 4 members (excludes halogenated alkanes) is 6. The van der Waals surface area contributed by atoms with Crippen molar-refractivity contribution in [2.45, 2.75) is 84.5 Å². The number of aliphatic carboxylic acids is 1. The van der Waals surface area contributed by atoms with Crippen LogP contribution in [0.25, 0.3) is 16.8 Å². The molecule has 6 nitrogen and oxygen atoms in total. The molecule has 1 N–H and O–H groups in total. The molecule has 0 fully saturated rings. The van der Waals surface area contributed by atoms with Crippen molar-refractivity contribution < 1.29 is 9.90 Å². The minimum atomic E-state index is -0.690. The lowest BCUT2D eigenvalue weighted by Crippen LogP contribution is -2.06. The summed E-state index contributed by atoms with van der Waals surface area (Å²) in [6.45, 7) is 6.32. The standard InChI is InChI=1S/C27H36N4O2/c1-20(2)27-28-29-30-31(27)25-18-22(11-9-7-5-4-6-8-10-12-26(32)33)17-24(19-25)23-15-13-21(3)14-16-23/h13-20H,4-12H2,1-3H3,(H,32,33). The molecular weight excluding hydrogens is 412 g/mol. The maximum absolute atomic E-state index is 10.6. The van der Waals surface area contributed by atoms with E-state index in [0.29, 0.717) is 6.42 Å². The molecule has 0 unspecified atom stereocenters. The van der Waals surface area contributed by atoms with Crippen LogP contribution in [0, 0.1) is 6.92 Å². The molecule has 33 heavy (non-hydrogen) atoms. The highest BCUT2D eigenvalue weighted by atomic mass is 16.4. The van der Waals surface area contributed by atoms with E-state index in [4.69, 9.17) is 5.11 Å². The summed E-state index contributed by atoms with van der Waals surface area (Å²) in [5, 5.41) is 21.1. The van der Waals surface area contributed by atoms with E-state index in [1.807, 2.05) is 4.68 Å². The Morgan fingerprint density at radius 2 is 1.58 bits per heavy atom. The molecule has 0 aliphatic carbocycles. The van der Waals surface area contributed by atoms with Crippen molar-refractivity contribution >= 4 is 5.97 Å². The maximum atomic E-state index is 10.6. The van der Waals surface area contributed by atoms with Gasteiger partial charge in [0.15, 0.2) is 5.82 Å². The summed E-state index contributed by atoms with van der Waals surface area (Å²) < 4.78 is 1.86. The highest BCUT2D eigenvalue weighted by molar-refractivity contribution is 5.67. The van der Waals surface area contributed by atoms with Gasteiger partial charge in [-0.1, -0.05) is 81.8 Å². The van der Waals surface area contributed by atoms with Gasteiger partial charge >= 0.3 is 5.97 Å². The number of hydrogen-bond acceptors (Lipinski definition) is 4. The molecule has 1 heterocycles. The number of carbonyl (C=O) groups is 1. The number of hydrogen-bond donors (Lipinski definition) is 1. The SMILES string of the molecule is Cc1ccc(-c2cc(CCCCCCCCCC(=O)O)cc(-n3nnnc3C(C)C)c2)cc1. The first-order valence-electron chi connectivity index (χ1n) is 12.2. The van der Waals surface area contributed by atoms with Crippen LogP contribution in [0.4, 0.5) is 0 Å². The van der Waals surface area contributed by atoms with Gasteiger partial charge < -0.3 is 5.11 Å². The fourth-order valence-electron chi connectivity index (χ4n) is 4.08. The van der Waals surface area contributed by atoms with Crippen LogP contribution in [0.2, 0.25) is 0 Å². The zero-order valence-corrected chi connectivity index (χ0v) is 20.1. The van der Waals surface area contributed by atoms with Gasteiger partial charge in [0, 0.05) is 12.3 Å². The highest BCUT2D eigenvalue weighted by Gasteiger charge is 2.14. The lowest BCUT2D eigenvalue weighted by Gasteiger charge is -2.13. The maximum Gasteiger partial charge on any atom is 0.303 e. The Morgan fingerprint density at radius 1 is 0.909 bits per heavy atom. The van der Waals surface area contributed by atoms with Crippen molar-refractivity contribution in [1.82, 2.24) is 20.2 Å². The molecule has 0 bridgehead atoms. The quantitative estimate of drug-likeness (QED) is 0.301. The molecule has 3 aromatic rings. The van der Waals surface area contributed by atoms with Crippen molar-refractivity contribution in [3.8, 4) is 16.8 Å². The molecule has 0 radical (unpaired) electrons. The van der Waals surface area contributed by atoms with E-state index in [1.54, 1.807) is 0 Å². The molecule has 2 aromatic carbocycles. The zero-order valence-electron chi connectivity index (χ0n) is 20.1. The number of tetrazole rings is 1. The summed E-state index contributed by atoms with van der Waals surface area (Å²) in [6.07, 6.45) is 8.93. The highest BCUT2D eigenvalue weighted by Crippen LogP contribution is 2.27. The first-order chi connectivity index (χ1) is 15.9. The number of aryl methyl sites for hydroxylation is 2. The first-order valence-corrected chi connectivity index (χ1v) is 12.2. The summed E-state index contributed by atoms with van der Waals surface area (Å²) >= 11 is 0. The molecule has 6 heteroatoms. The lowest BCUT2D eigenvalue weighted by atomic mass is 9.98. The number of nitrogens with zero attached hydrogens (tertiary/aromatic N) is 4. The van der Waals surface area contributed by atoms with Gasteiger partial charge in [-0.15, -0.1) is 5.10 Å². The molecule has 176 valence electrons. The smallest absolute Gasteiger partial charge is 0.303 e. The molecule has 1 aromatic heterocycles. The number of carboxylic acids is 1. The second-order valence-corrected chi connectivity index (χ2v) is 9.23. The van der Waals surface area contributed by atoms with Crippen LogP contribution < -0.4 is 0 Å². The van der Waals surface area contributed by atoms with Crippen LogP contribution in [-0.4, -0.2) is 31.3 Å². The molecule has 0 saturated heterocycles. The van der Waals surface area contributed by atoms with Crippen molar-refractivity contribution in [2.24, 2.45) is 0 Å². The van der Waals surface area contributed by atoms with Gasteiger partial charge in [-0.2, -0.15) is 4.68 Å². The summed E-state index contributed by atoms with van der Waals surface area (Å²) in [6, 6.07) is 15.3. The van der Waals surface area contributed by atoms with E-state index in [2.05, 4.69) is 78.8 Å². The van der Waals surface area contributed by atoms with Gasteiger partial charge in [0.2, 0.25) is 0 Å². The molecular formula is C27H36N4O2. The van der Waals surface area contributed by atoms with E-state index >= 15 is 0 Å². The Hall–Kier alpha value is -3.02. The minimum Gasteiger partial charge on any atom is -0.481 e. The van der Waals surface area contributed by atoms with Crippen LogP contribution in [0.15, 0.2) is 42.5 Å². The fourth-order valence-corrected chi connectivity index (χ4v) is 4.08. The van der Waals surface area contributed by atoms with Gasteiger partial charge in [0.25, 0.3) is 0 Å². The molecule has 0 atom stereocenters. The van der Waals surface area contributed by atoms with Crippen LogP contribution in [0.1, 0.15) is 88.1 Å². The predicted molar refractivity (Wildman–Crippen MR) is 132 cm³/mol. The Kier molecular flexibility index (Phi) is 9.16. The zero-order chi connectivity index (χ0) is 23.6. The summed E-state index contributed by atoms with van der Waals surface area (Å²) in [5.74, 6) is 0.413. The molecule has 0 amide bonds. The number of carboxylic acid groups (broad SMARTS) is 1. The van der Waals surface area contributed by atoms with Crippen LogP contribution in [0.5, 0.6) is 0 Å². The van der Waals surface area contributed by atoms with Gasteiger partial charge in [0.05, 0.1) is 5.69 Å². The van der Waals surface area contributed by atoms with Gasteiger partial charge in [-0.25, -0.2) is 0 Å². The van der Waals surface area contributed by atoms with Crippen LogP contribution in [0.3, 0.4) is 0 Å². The lowest BCUT2D eigenvalue weighted by molar-refractivity contribution is -0.137. The van der Waals surface area contributed by atoms with Crippen LogP contribution in [-0.2, 0) is 11.2 Å². The fraction of sp³-hybridized carbons (Fsp3) is 0.481. The molecule has 0 saturated carbocycles. The van der Waals surface area contributed by atoms with Crippen molar-refractivity contribution in [1.29, 1.82) is 0 Å². The second-order valence-electron chi connectivity index (χ2n) is 9.23. The van der Waals surface area contributed by atoms with Crippen LogP contribution >= 0.6 is 0 Å². The Labute approximate surface area is 197 Å². The van der Waals surface area contributed by atoms with Crippen molar-refractivity contribution in [3.05, 3.63) is 59.4 Å². The molecule has 0 aliphatic heterocycles. The summed E-state index contributed by atoms with van der Waals surface area (Å²) in [7, 11) is 0. The Balaban J connectivity index is 1.66. The van der Waals surface area contributed by atoms with Gasteiger partial charge in [0.1, 0.15) is 0 Å². The van der Waals surface area contributed by atoms with Gasteiger partial charge in [-0.05, 0) is 65.4 Å². The number of aromatic nitrogens is 4. The Morgan fingerprint density at radius 3 is 2.24 bits per heavy atom. The molecule has 0 aliphatic rings. The first kappa shape index (κ1) is 24.6. The van der Waals surface area contributed by atoms with Gasteiger partial charge in [-0.3, -0.25) is 4.79 Å². The minimum absolute atomic E-state index is 0.238. The van der Waals surface area contributed by atoms with E-state index < -0.39 is 5.97 Å². The average Bonchev–Trinajstić information content (AvgIpc) is 3.28. The topological polar surface area (TPSA) is 80.9 Å². The third-order valence-electron chi connectivity index (χ3n) is 5.97. The Bertz CT molecular complexity index is 1020.